The van der Waals surface area contributed by atoms with Crippen molar-refractivity contribution in [3.8, 4) is 6.07 Å². The second-order valence-corrected chi connectivity index (χ2v) is 8.83. The van der Waals surface area contributed by atoms with Crippen molar-refractivity contribution in [1.82, 2.24) is 20.1 Å². The number of nitriles is 1. The van der Waals surface area contributed by atoms with Crippen molar-refractivity contribution < 1.29 is 14.3 Å². The number of amides is 2. The smallest absolute Gasteiger partial charge is 0.410 e. The van der Waals surface area contributed by atoms with E-state index in [4.69, 9.17) is 10.00 Å². The second kappa shape index (κ2) is 10.4. The first-order valence-electron chi connectivity index (χ1n) is 10.6. The number of pyridine rings is 1. The predicted molar refractivity (Wildman–Crippen MR) is 117 cm³/mol. The molecule has 2 rings (SSSR count). The number of hydrogen-bond acceptors (Lipinski definition) is 6. The van der Waals surface area contributed by atoms with Crippen LogP contribution in [0.5, 0.6) is 0 Å². The van der Waals surface area contributed by atoms with Gasteiger partial charge in [-0.2, -0.15) is 5.26 Å². The molecule has 0 unspecified atom stereocenters. The van der Waals surface area contributed by atoms with Crippen LogP contribution in [0.15, 0.2) is 4.79 Å². The first kappa shape index (κ1) is 24.4. The fraction of sp³-hybridized carbons (Fsp3) is 0.636. The Balaban J connectivity index is 1.73. The van der Waals surface area contributed by atoms with Crippen LogP contribution >= 0.6 is 0 Å². The highest BCUT2D eigenvalue weighted by Gasteiger charge is 2.25. The summed E-state index contributed by atoms with van der Waals surface area (Å²) in [5.74, 6) is -0.0732. The fourth-order valence-corrected chi connectivity index (χ4v) is 3.58. The molecule has 31 heavy (non-hydrogen) atoms. The number of aromatic amines is 1. The van der Waals surface area contributed by atoms with Crippen LogP contribution in [0.2, 0.25) is 0 Å². The van der Waals surface area contributed by atoms with Gasteiger partial charge in [0.05, 0.1) is 0 Å². The lowest BCUT2D eigenvalue weighted by atomic mass is 9.99. The molecule has 1 aromatic heterocycles. The molecule has 2 N–H and O–H groups in total. The molecule has 0 atom stereocenters. The van der Waals surface area contributed by atoms with E-state index >= 15 is 0 Å². The number of nitrogens with zero attached hydrogens (tertiary/aromatic N) is 3. The summed E-state index contributed by atoms with van der Waals surface area (Å²) in [4.78, 5) is 42.7. The Bertz CT molecular complexity index is 902. The summed E-state index contributed by atoms with van der Waals surface area (Å²) in [7, 11) is 0. The van der Waals surface area contributed by atoms with Crippen molar-refractivity contribution in [3.63, 3.8) is 0 Å². The van der Waals surface area contributed by atoms with E-state index in [1.165, 1.54) is 0 Å². The summed E-state index contributed by atoms with van der Waals surface area (Å²) < 4.78 is 5.40. The van der Waals surface area contributed by atoms with Crippen LogP contribution in [0.1, 0.15) is 49.6 Å². The molecule has 1 fully saturated rings. The molecule has 0 bridgehead atoms. The molecule has 0 aliphatic carbocycles. The zero-order valence-electron chi connectivity index (χ0n) is 19.1. The van der Waals surface area contributed by atoms with Crippen molar-refractivity contribution in [1.29, 1.82) is 5.26 Å². The van der Waals surface area contributed by atoms with Crippen molar-refractivity contribution in [3.05, 3.63) is 32.7 Å². The van der Waals surface area contributed by atoms with Gasteiger partial charge in [-0.1, -0.05) is 0 Å². The third kappa shape index (κ3) is 7.10. The number of ether oxygens (including phenoxy) is 1. The third-order valence-electron chi connectivity index (χ3n) is 5.30. The van der Waals surface area contributed by atoms with Crippen LogP contribution < -0.4 is 10.9 Å². The summed E-state index contributed by atoms with van der Waals surface area (Å²) in [6, 6.07) is 1.93. The monoisotopic (exact) mass is 431 g/mol. The number of nitrogens with one attached hydrogen (secondary N) is 2. The summed E-state index contributed by atoms with van der Waals surface area (Å²) in [5, 5.41) is 12.1. The molecule has 2 heterocycles. The molecule has 2 amide bonds. The van der Waals surface area contributed by atoms with Gasteiger partial charge in [0.15, 0.2) is 0 Å². The highest BCUT2D eigenvalue weighted by Crippen LogP contribution is 2.15. The SMILES string of the molecule is Cc1[nH]c(=O)c(C#N)c(C)c1CCC(=O)NCCN1CCN(C(=O)OC(C)(C)C)CC1. The fourth-order valence-electron chi connectivity index (χ4n) is 3.58. The van der Waals surface area contributed by atoms with Crippen LogP contribution in [-0.2, 0) is 16.0 Å². The van der Waals surface area contributed by atoms with Crippen LogP contribution in [0.25, 0.3) is 0 Å². The molecule has 1 aliphatic heterocycles. The maximum atomic E-state index is 12.2. The molecule has 0 saturated carbocycles. The Labute approximate surface area is 183 Å². The van der Waals surface area contributed by atoms with E-state index in [2.05, 4.69) is 15.2 Å². The zero-order valence-corrected chi connectivity index (χ0v) is 19.1. The molecular formula is C22H33N5O4. The molecule has 0 spiro atoms. The zero-order chi connectivity index (χ0) is 23.2. The average molecular weight is 432 g/mol. The standard InChI is InChI=1S/C22H33N5O4/c1-15-17(16(2)25-20(29)18(15)14-23)6-7-19(28)24-8-9-26-10-12-27(13-11-26)21(30)31-22(3,4)5/h6-13H2,1-5H3,(H,24,28)(H,25,29). The van der Waals surface area contributed by atoms with E-state index in [9.17, 15) is 14.4 Å². The number of piperazine rings is 1. The van der Waals surface area contributed by atoms with Crippen molar-refractivity contribution in [2.24, 2.45) is 0 Å². The quantitative estimate of drug-likeness (QED) is 0.704. The van der Waals surface area contributed by atoms with E-state index in [0.717, 1.165) is 18.7 Å². The third-order valence-corrected chi connectivity index (χ3v) is 5.30. The molecular weight excluding hydrogens is 398 g/mol. The Morgan fingerprint density at radius 3 is 2.42 bits per heavy atom. The molecule has 9 nitrogen and oxygen atoms in total. The highest BCUT2D eigenvalue weighted by molar-refractivity contribution is 5.76. The Hall–Kier alpha value is -2.86. The average Bonchev–Trinajstić information content (AvgIpc) is 2.67. The number of carbonyl (C=O) groups is 2. The van der Waals surface area contributed by atoms with Gasteiger partial charge in [-0.3, -0.25) is 14.5 Å². The lowest BCUT2D eigenvalue weighted by Crippen LogP contribution is -2.51. The van der Waals surface area contributed by atoms with Crippen LogP contribution in [0, 0.1) is 25.2 Å². The van der Waals surface area contributed by atoms with Crippen LogP contribution in [0.4, 0.5) is 4.79 Å². The van der Waals surface area contributed by atoms with Gasteiger partial charge >= 0.3 is 6.09 Å². The number of hydrogen-bond donors (Lipinski definition) is 2. The molecule has 1 aromatic rings. The summed E-state index contributed by atoms with van der Waals surface area (Å²) >= 11 is 0. The van der Waals surface area contributed by atoms with Gasteiger partial charge in [0.2, 0.25) is 5.91 Å². The summed E-state index contributed by atoms with van der Waals surface area (Å²) in [6.45, 7) is 13.0. The maximum absolute atomic E-state index is 12.2. The minimum atomic E-state index is -0.499. The Morgan fingerprint density at radius 2 is 1.84 bits per heavy atom. The lowest BCUT2D eigenvalue weighted by Gasteiger charge is -2.35. The van der Waals surface area contributed by atoms with Crippen molar-refractivity contribution >= 4 is 12.0 Å². The molecule has 0 aromatic carbocycles. The van der Waals surface area contributed by atoms with Crippen molar-refractivity contribution in [2.45, 2.75) is 53.1 Å². The van der Waals surface area contributed by atoms with E-state index in [-0.39, 0.29) is 24.0 Å². The molecule has 1 aliphatic rings. The lowest BCUT2D eigenvalue weighted by molar-refractivity contribution is -0.121. The Morgan fingerprint density at radius 1 is 1.19 bits per heavy atom. The van der Waals surface area contributed by atoms with Gasteiger partial charge in [0, 0.05) is 51.4 Å². The highest BCUT2D eigenvalue weighted by atomic mass is 16.6. The van der Waals surface area contributed by atoms with Crippen LogP contribution in [0.3, 0.4) is 0 Å². The largest absolute Gasteiger partial charge is 0.444 e. The maximum Gasteiger partial charge on any atom is 0.410 e. The number of aromatic nitrogens is 1. The van der Waals surface area contributed by atoms with E-state index in [0.29, 0.717) is 43.9 Å². The Kier molecular flexibility index (Phi) is 8.22. The molecule has 170 valence electrons. The number of rotatable bonds is 6. The normalized spacial score (nSPS) is 14.8. The topological polar surface area (TPSA) is 119 Å². The van der Waals surface area contributed by atoms with Crippen molar-refractivity contribution in [2.75, 3.05) is 39.3 Å². The van der Waals surface area contributed by atoms with E-state index < -0.39 is 11.2 Å². The van der Waals surface area contributed by atoms with Gasteiger partial charge in [-0.25, -0.2) is 4.79 Å². The first-order valence-corrected chi connectivity index (χ1v) is 10.6. The van der Waals surface area contributed by atoms with Gasteiger partial charge in [-0.05, 0) is 52.2 Å². The molecule has 9 heteroatoms. The summed E-state index contributed by atoms with van der Waals surface area (Å²) in [6.07, 6.45) is 0.460. The van der Waals surface area contributed by atoms with Gasteiger partial charge in [0.1, 0.15) is 17.2 Å². The number of H-pyrrole nitrogens is 1. The van der Waals surface area contributed by atoms with E-state index in [1.54, 1.807) is 18.7 Å². The van der Waals surface area contributed by atoms with Crippen LogP contribution in [-0.4, -0.2) is 71.7 Å². The number of aryl methyl sites for hydroxylation is 1. The minimum Gasteiger partial charge on any atom is -0.444 e. The molecule has 1 saturated heterocycles. The number of carbonyl (C=O) groups excluding carboxylic acids is 2. The van der Waals surface area contributed by atoms with Gasteiger partial charge < -0.3 is 19.9 Å². The molecule has 0 radical (unpaired) electrons. The minimum absolute atomic E-state index is 0.0732. The van der Waals surface area contributed by atoms with E-state index in [1.807, 2.05) is 26.8 Å². The van der Waals surface area contributed by atoms with Gasteiger partial charge in [-0.15, -0.1) is 0 Å². The van der Waals surface area contributed by atoms with Gasteiger partial charge in [0.25, 0.3) is 5.56 Å². The summed E-state index contributed by atoms with van der Waals surface area (Å²) in [5.41, 5.74) is 1.38. The second-order valence-electron chi connectivity index (χ2n) is 8.83. The first-order chi connectivity index (χ1) is 14.5. The predicted octanol–water partition coefficient (Wildman–Crippen LogP) is 1.46.